The van der Waals surface area contributed by atoms with Crippen molar-refractivity contribution in [3.63, 3.8) is 0 Å². The van der Waals surface area contributed by atoms with Crippen LogP contribution in [0.4, 0.5) is 5.69 Å². The molecule has 0 amide bonds. The number of hydrogen-bond acceptors (Lipinski definition) is 5. The number of carboxylic acid groups (broad SMARTS) is 1. The summed E-state index contributed by atoms with van der Waals surface area (Å²) in [5.41, 5.74) is 3.79. The molecule has 1 atom stereocenters. The van der Waals surface area contributed by atoms with Crippen molar-refractivity contribution >= 4 is 22.6 Å². The van der Waals surface area contributed by atoms with E-state index >= 15 is 0 Å². The average Bonchev–Trinajstić information content (AvgIpc) is 3.26. The molecule has 0 aliphatic carbocycles. The molecule has 2 aromatic carbocycles. The lowest BCUT2D eigenvalue weighted by atomic mass is 10.0. The third-order valence-electron chi connectivity index (χ3n) is 5.78. The molecule has 0 saturated heterocycles. The molecular weight excluding hydrogens is 418 g/mol. The zero-order valence-corrected chi connectivity index (χ0v) is 18.1. The number of aromatic nitrogens is 2. The van der Waals surface area contributed by atoms with E-state index in [1.807, 2.05) is 77.5 Å². The number of rotatable bonds is 8. The maximum atomic E-state index is 11.5. The van der Waals surface area contributed by atoms with Crippen molar-refractivity contribution in [1.82, 2.24) is 9.55 Å². The maximum absolute atomic E-state index is 11.5. The van der Waals surface area contributed by atoms with Gasteiger partial charge in [-0.3, -0.25) is 4.79 Å². The Morgan fingerprint density at radius 2 is 2.03 bits per heavy atom. The first-order valence-corrected chi connectivity index (χ1v) is 11.0. The second-order valence-electron chi connectivity index (χ2n) is 8.00. The van der Waals surface area contributed by atoms with Crippen LogP contribution in [0, 0.1) is 0 Å². The average molecular weight is 444 g/mol. The van der Waals surface area contributed by atoms with Crippen LogP contribution in [-0.4, -0.2) is 40.4 Å². The summed E-state index contributed by atoms with van der Waals surface area (Å²) in [5, 5.41) is 13.7. The Hall–Kier alpha value is -4.00. The predicted octanol–water partition coefficient (Wildman–Crippen LogP) is 4.53. The molecule has 1 unspecified atom stereocenters. The zero-order valence-electron chi connectivity index (χ0n) is 18.1. The summed E-state index contributed by atoms with van der Waals surface area (Å²) in [5.74, 6) is 0.587. The molecule has 0 bridgehead atoms. The minimum Gasteiger partial charge on any atom is -0.493 e. The first-order chi connectivity index (χ1) is 16.2. The topological polar surface area (TPSA) is 85.6 Å². The molecule has 0 fully saturated rings. The minimum atomic E-state index is -0.831. The lowest BCUT2D eigenvalue weighted by Gasteiger charge is -2.19. The van der Waals surface area contributed by atoms with Crippen molar-refractivity contribution in [3.05, 3.63) is 84.2 Å². The zero-order chi connectivity index (χ0) is 22.6. The predicted molar refractivity (Wildman–Crippen MR) is 126 cm³/mol. The highest BCUT2D eigenvalue weighted by Gasteiger charge is 2.19. The van der Waals surface area contributed by atoms with E-state index in [2.05, 4.69) is 10.3 Å². The fraction of sp³-hybridized carbons (Fsp3) is 0.231. The number of aliphatic carboxylic acids is 1. The SMILES string of the molecule is O=C(O)CC(c1ccccc1)n1ccc2cc(OCCc3ccc4c(n3)OCCN4)ccc21. The number of anilines is 1. The van der Waals surface area contributed by atoms with Gasteiger partial charge in [0.1, 0.15) is 12.4 Å². The Kier molecular flexibility index (Phi) is 5.85. The maximum Gasteiger partial charge on any atom is 0.305 e. The number of nitrogens with one attached hydrogen (secondary N) is 1. The van der Waals surface area contributed by atoms with E-state index in [9.17, 15) is 9.90 Å². The van der Waals surface area contributed by atoms with Crippen LogP contribution >= 0.6 is 0 Å². The van der Waals surface area contributed by atoms with Gasteiger partial charge >= 0.3 is 5.97 Å². The van der Waals surface area contributed by atoms with Crippen LogP contribution in [0.15, 0.2) is 72.9 Å². The Balaban J connectivity index is 1.30. The fourth-order valence-corrected chi connectivity index (χ4v) is 4.19. The van der Waals surface area contributed by atoms with Gasteiger partial charge in [-0.15, -0.1) is 0 Å². The van der Waals surface area contributed by atoms with E-state index in [4.69, 9.17) is 9.47 Å². The lowest BCUT2D eigenvalue weighted by Crippen LogP contribution is -2.19. The van der Waals surface area contributed by atoms with Gasteiger partial charge in [-0.1, -0.05) is 30.3 Å². The number of carbonyl (C=O) groups is 1. The minimum absolute atomic E-state index is 0.0130. The Morgan fingerprint density at radius 3 is 2.88 bits per heavy atom. The van der Waals surface area contributed by atoms with Crippen LogP contribution in [0.5, 0.6) is 11.6 Å². The first kappa shape index (κ1) is 20.9. The number of benzene rings is 2. The molecular formula is C26H25N3O4. The Bertz CT molecular complexity index is 1270. The largest absolute Gasteiger partial charge is 0.493 e. The molecule has 2 N–H and O–H groups in total. The molecule has 0 radical (unpaired) electrons. The molecule has 5 rings (SSSR count). The van der Waals surface area contributed by atoms with E-state index in [1.54, 1.807) is 0 Å². The molecule has 0 saturated carbocycles. The lowest BCUT2D eigenvalue weighted by molar-refractivity contribution is -0.137. The van der Waals surface area contributed by atoms with E-state index in [-0.39, 0.29) is 12.5 Å². The van der Waals surface area contributed by atoms with Gasteiger partial charge in [-0.05, 0) is 42.0 Å². The number of hydrogen-bond donors (Lipinski definition) is 2. The van der Waals surface area contributed by atoms with Gasteiger partial charge in [-0.2, -0.15) is 0 Å². The fourth-order valence-electron chi connectivity index (χ4n) is 4.19. The molecule has 7 heteroatoms. The van der Waals surface area contributed by atoms with Crippen LogP contribution in [0.2, 0.25) is 0 Å². The van der Waals surface area contributed by atoms with Crippen LogP contribution in [0.1, 0.15) is 23.7 Å². The second-order valence-corrected chi connectivity index (χ2v) is 8.00. The summed E-state index contributed by atoms with van der Waals surface area (Å²) in [6.07, 6.45) is 2.63. The highest BCUT2D eigenvalue weighted by molar-refractivity contribution is 5.82. The van der Waals surface area contributed by atoms with Crippen LogP contribution in [0.3, 0.4) is 0 Å². The van der Waals surface area contributed by atoms with E-state index in [1.165, 1.54) is 0 Å². The molecule has 7 nitrogen and oxygen atoms in total. The van der Waals surface area contributed by atoms with E-state index < -0.39 is 5.97 Å². The summed E-state index contributed by atoms with van der Waals surface area (Å²) in [4.78, 5) is 16.1. The van der Waals surface area contributed by atoms with E-state index in [0.717, 1.165) is 40.1 Å². The van der Waals surface area contributed by atoms with Gasteiger partial charge in [0.05, 0.1) is 24.8 Å². The quantitative estimate of drug-likeness (QED) is 0.416. The molecule has 0 spiro atoms. The second kappa shape index (κ2) is 9.24. The van der Waals surface area contributed by atoms with Crippen molar-refractivity contribution in [1.29, 1.82) is 0 Å². The van der Waals surface area contributed by atoms with Crippen molar-refractivity contribution in [3.8, 4) is 11.6 Å². The molecule has 1 aliphatic rings. The van der Waals surface area contributed by atoms with Gasteiger partial charge in [0.25, 0.3) is 0 Å². The van der Waals surface area contributed by atoms with Crippen molar-refractivity contribution in [2.75, 3.05) is 25.1 Å². The third-order valence-corrected chi connectivity index (χ3v) is 5.78. The number of carboxylic acids is 1. The van der Waals surface area contributed by atoms with Crippen LogP contribution in [-0.2, 0) is 11.2 Å². The molecule has 1 aliphatic heterocycles. The highest BCUT2D eigenvalue weighted by atomic mass is 16.5. The van der Waals surface area contributed by atoms with Gasteiger partial charge in [0.2, 0.25) is 5.88 Å². The number of ether oxygens (including phenoxy) is 2. The molecule has 3 heterocycles. The normalized spacial score (nSPS) is 13.6. The summed E-state index contributed by atoms with van der Waals surface area (Å²) in [7, 11) is 0. The molecule has 2 aromatic heterocycles. The van der Waals surface area contributed by atoms with Gasteiger partial charge in [-0.25, -0.2) is 4.98 Å². The monoisotopic (exact) mass is 443 g/mol. The molecule has 168 valence electrons. The van der Waals surface area contributed by atoms with Crippen molar-refractivity contribution in [2.24, 2.45) is 0 Å². The van der Waals surface area contributed by atoms with Gasteiger partial charge < -0.3 is 24.5 Å². The summed E-state index contributed by atoms with van der Waals surface area (Å²) in [6.45, 7) is 1.91. The van der Waals surface area contributed by atoms with Crippen molar-refractivity contribution in [2.45, 2.75) is 18.9 Å². The van der Waals surface area contributed by atoms with E-state index in [0.29, 0.717) is 25.5 Å². The molecule has 4 aromatic rings. The third kappa shape index (κ3) is 4.62. The highest BCUT2D eigenvalue weighted by Crippen LogP contribution is 2.30. The first-order valence-electron chi connectivity index (χ1n) is 11.0. The van der Waals surface area contributed by atoms with Crippen LogP contribution in [0.25, 0.3) is 10.9 Å². The van der Waals surface area contributed by atoms with Gasteiger partial charge in [0.15, 0.2) is 0 Å². The summed E-state index contributed by atoms with van der Waals surface area (Å²) in [6, 6.07) is 21.3. The number of nitrogens with zero attached hydrogens (tertiary/aromatic N) is 2. The van der Waals surface area contributed by atoms with Crippen molar-refractivity contribution < 1.29 is 19.4 Å². The summed E-state index contributed by atoms with van der Waals surface area (Å²) >= 11 is 0. The molecule has 33 heavy (non-hydrogen) atoms. The van der Waals surface area contributed by atoms with Crippen LogP contribution < -0.4 is 14.8 Å². The van der Waals surface area contributed by atoms with Gasteiger partial charge in [0, 0.05) is 35.8 Å². The standard InChI is InChI=1S/C26H25N3O4/c30-25(31)17-24(18-4-2-1-3-5-18)29-13-10-19-16-21(7-9-23(19)29)32-14-11-20-6-8-22-26(28-20)33-15-12-27-22/h1-10,13,16,24,27H,11-12,14-15,17H2,(H,30,31). The number of pyridine rings is 1. The number of fused-ring (bicyclic) bond motifs is 2. The summed E-state index contributed by atoms with van der Waals surface area (Å²) < 4.78 is 13.6. The Labute approximate surface area is 191 Å². The smallest absolute Gasteiger partial charge is 0.305 e. The Morgan fingerprint density at radius 1 is 1.15 bits per heavy atom.